The van der Waals surface area contributed by atoms with Gasteiger partial charge in [0, 0.05) is 38.2 Å². The molecule has 0 N–H and O–H groups in total. The van der Waals surface area contributed by atoms with Crippen molar-refractivity contribution < 1.29 is 32.4 Å². The number of amides is 2. The van der Waals surface area contributed by atoms with E-state index < -0.39 is 29.3 Å². The second-order valence-electron chi connectivity index (χ2n) is 7.09. The van der Waals surface area contributed by atoms with Crippen LogP contribution in [0, 0.1) is 16.0 Å². The molecule has 3 rings (SSSR count). The summed E-state index contributed by atoms with van der Waals surface area (Å²) in [5, 5.41) is 11.3. The number of nitro groups is 1. The molecule has 0 bridgehead atoms. The van der Waals surface area contributed by atoms with Gasteiger partial charge in [-0.05, 0) is 25.0 Å². The molecule has 1 aliphatic heterocycles. The smallest absolute Gasteiger partial charge is 0.422 e. The number of benzene rings is 1. The number of hydrogen-bond acceptors (Lipinski definition) is 5. The Kier molecular flexibility index (Phi) is 5.94. The molecule has 1 saturated carbocycles. The van der Waals surface area contributed by atoms with Crippen molar-refractivity contribution in [2.75, 3.05) is 32.8 Å². The second-order valence-corrected chi connectivity index (χ2v) is 7.09. The summed E-state index contributed by atoms with van der Waals surface area (Å²) in [7, 11) is 0. The van der Waals surface area contributed by atoms with E-state index in [-0.39, 0.29) is 36.2 Å². The van der Waals surface area contributed by atoms with Crippen molar-refractivity contribution in [1.82, 2.24) is 9.80 Å². The second kappa shape index (κ2) is 8.26. The zero-order valence-electron chi connectivity index (χ0n) is 15.5. The lowest BCUT2D eigenvalue weighted by atomic mass is 9.84. The van der Waals surface area contributed by atoms with Gasteiger partial charge >= 0.3 is 6.18 Å². The van der Waals surface area contributed by atoms with Crippen LogP contribution in [0.25, 0.3) is 0 Å². The van der Waals surface area contributed by atoms with Crippen LogP contribution in [0.15, 0.2) is 18.2 Å². The van der Waals surface area contributed by atoms with Crippen LogP contribution in [0.5, 0.6) is 5.75 Å². The molecule has 8 nitrogen and oxygen atoms in total. The number of carbonyl (C=O) groups is 2. The Morgan fingerprint density at radius 3 is 2.28 bits per heavy atom. The van der Waals surface area contributed by atoms with Gasteiger partial charge in [0.1, 0.15) is 11.3 Å². The highest BCUT2D eigenvalue weighted by atomic mass is 19.4. The van der Waals surface area contributed by atoms with Crippen LogP contribution in [0.4, 0.5) is 18.9 Å². The quantitative estimate of drug-likeness (QED) is 0.545. The molecule has 0 aromatic heterocycles. The van der Waals surface area contributed by atoms with Crippen LogP contribution >= 0.6 is 0 Å². The Labute approximate surface area is 164 Å². The van der Waals surface area contributed by atoms with E-state index in [4.69, 9.17) is 0 Å². The lowest BCUT2D eigenvalue weighted by molar-refractivity contribution is -0.385. The Bertz CT molecular complexity index is 802. The first kappa shape index (κ1) is 20.9. The maximum absolute atomic E-state index is 12.8. The Morgan fingerprint density at radius 2 is 1.76 bits per heavy atom. The summed E-state index contributed by atoms with van der Waals surface area (Å²) in [4.78, 5) is 38.6. The fourth-order valence-corrected chi connectivity index (χ4v) is 3.31. The topological polar surface area (TPSA) is 93.0 Å². The number of halogens is 3. The SMILES string of the molecule is O=C(c1cc(OCC(F)(F)F)ccc1[N+](=O)[O-])N1CCN(C(=O)C2CCC2)CC1. The van der Waals surface area contributed by atoms with Crippen molar-refractivity contribution in [2.24, 2.45) is 5.92 Å². The first-order chi connectivity index (χ1) is 13.7. The summed E-state index contributed by atoms with van der Waals surface area (Å²) in [5.74, 6) is -0.849. The molecule has 1 aliphatic carbocycles. The zero-order chi connectivity index (χ0) is 21.2. The van der Waals surface area contributed by atoms with Crippen molar-refractivity contribution >= 4 is 17.5 Å². The molecule has 0 atom stereocenters. The highest BCUT2D eigenvalue weighted by molar-refractivity contribution is 5.98. The normalized spacial score (nSPS) is 17.6. The minimum Gasteiger partial charge on any atom is -0.484 e. The van der Waals surface area contributed by atoms with E-state index in [9.17, 15) is 32.9 Å². The summed E-state index contributed by atoms with van der Waals surface area (Å²) in [5.41, 5.74) is -0.851. The molecule has 0 unspecified atom stereocenters. The molecule has 2 amide bonds. The molecule has 1 aromatic carbocycles. The molecule has 1 heterocycles. The highest BCUT2D eigenvalue weighted by Crippen LogP contribution is 2.30. The van der Waals surface area contributed by atoms with E-state index >= 15 is 0 Å². The van der Waals surface area contributed by atoms with Gasteiger partial charge in [-0.3, -0.25) is 19.7 Å². The third-order valence-electron chi connectivity index (χ3n) is 5.13. The van der Waals surface area contributed by atoms with E-state index in [0.29, 0.717) is 13.1 Å². The predicted octanol–water partition coefficient (Wildman–Crippen LogP) is 2.62. The van der Waals surface area contributed by atoms with E-state index in [1.165, 1.54) is 4.90 Å². The average Bonchev–Trinajstić information content (AvgIpc) is 2.63. The Balaban J connectivity index is 1.70. The van der Waals surface area contributed by atoms with Crippen LogP contribution < -0.4 is 4.74 Å². The molecule has 2 fully saturated rings. The summed E-state index contributed by atoms with van der Waals surface area (Å²) >= 11 is 0. The number of carbonyl (C=O) groups excluding carboxylic acids is 2. The summed E-state index contributed by atoms with van der Waals surface area (Å²) in [6.45, 7) is -0.539. The standard InChI is InChI=1S/C18H20F3N3O5/c19-18(20,21)11-29-13-4-5-15(24(27)28)14(10-13)17(26)23-8-6-22(7-9-23)16(25)12-2-1-3-12/h4-5,10,12H,1-3,6-9,11H2. The van der Waals surface area contributed by atoms with E-state index in [0.717, 1.165) is 37.5 Å². The van der Waals surface area contributed by atoms with Crippen molar-refractivity contribution in [2.45, 2.75) is 25.4 Å². The van der Waals surface area contributed by atoms with Gasteiger partial charge in [-0.25, -0.2) is 0 Å². The molecule has 29 heavy (non-hydrogen) atoms. The number of rotatable bonds is 5. The van der Waals surface area contributed by atoms with Gasteiger partial charge in [-0.2, -0.15) is 13.2 Å². The first-order valence-corrected chi connectivity index (χ1v) is 9.22. The predicted molar refractivity (Wildman–Crippen MR) is 94.5 cm³/mol. The molecular formula is C18H20F3N3O5. The fraction of sp³-hybridized carbons (Fsp3) is 0.556. The van der Waals surface area contributed by atoms with Crippen LogP contribution in [0.2, 0.25) is 0 Å². The van der Waals surface area contributed by atoms with E-state index in [1.807, 2.05) is 0 Å². The van der Waals surface area contributed by atoms with Gasteiger partial charge in [0.05, 0.1) is 4.92 Å². The first-order valence-electron chi connectivity index (χ1n) is 9.22. The summed E-state index contributed by atoms with van der Waals surface area (Å²) < 4.78 is 41.6. The lowest BCUT2D eigenvalue weighted by Gasteiger charge is -2.38. The maximum Gasteiger partial charge on any atom is 0.422 e. The van der Waals surface area contributed by atoms with Gasteiger partial charge in [-0.1, -0.05) is 6.42 Å². The van der Waals surface area contributed by atoms with Crippen LogP contribution in [0.3, 0.4) is 0 Å². The summed E-state index contributed by atoms with van der Waals surface area (Å²) in [6, 6.07) is 2.93. The molecule has 158 valence electrons. The Morgan fingerprint density at radius 1 is 1.14 bits per heavy atom. The fourth-order valence-electron chi connectivity index (χ4n) is 3.31. The van der Waals surface area contributed by atoms with Gasteiger partial charge in [-0.15, -0.1) is 0 Å². The zero-order valence-corrected chi connectivity index (χ0v) is 15.5. The van der Waals surface area contributed by atoms with Gasteiger partial charge in [0.15, 0.2) is 6.61 Å². The molecule has 1 saturated heterocycles. The molecule has 0 radical (unpaired) electrons. The third kappa shape index (κ3) is 4.96. The van der Waals surface area contributed by atoms with Crippen LogP contribution in [-0.2, 0) is 4.79 Å². The van der Waals surface area contributed by atoms with E-state index in [2.05, 4.69) is 4.74 Å². The van der Waals surface area contributed by atoms with Gasteiger partial charge in [0.25, 0.3) is 11.6 Å². The molecule has 2 aliphatic rings. The monoisotopic (exact) mass is 415 g/mol. The van der Waals surface area contributed by atoms with Crippen molar-refractivity contribution in [3.8, 4) is 5.75 Å². The van der Waals surface area contributed by atoms with Crippen molar-refractivity contribution in [3.05, 3.63) is 33.9 Å². The number of hydrogen-bond donors (Lipinski definition) is 0. The largest absolute Gasteiger partial charge is 0.484 e. The Hall–Kier alpha value is -2.85. The number of ether oxygens (including phenoxy) is 1. The number of nitro benzene ring substituents is 1. The number of alkyl halides is 3. The van der Waals surface area contributed by atoms with E-state index in [1.54, 1.807) is 4.90 Å². The minimum atomic E-state index is -4.57. The third-order valence-corrected chi connectivity index (χ3v) is 5.13. The molecular weight excluding hydrogens is 395 g/mol. The van der Waals surface area contributed by atoms with Crippen LogP contribution in [0.1, 0.15) is 29.6 Å². The molecule has 1 aromatic rings. The summed E-state index contributed by atoms with van der Waals surface area (Å²) in [6.07, 6.45) is -1.80. The van der Waals surface area contributed by atoms with Crippen molar-refractivity contribution in [3.63, 3.8) is 0 Å². The molecule has 0 spiro atoms. The molecule has 11 heteroatoms. The number of piperazine rings is 1. The van der Waals surface area contributed by atoms with Gasteiger partial charge in [0.2, 0.25) is 5.91 Å². The lowest BCUT2D eigenvalue weighted by Crippen LogP contribution is -2.52. The van der Waals surface area contributed by atoms with Gasteiger partial charge < -0.3 is 14.5 Å². The van der Waals surface area contributed by atoms with Crippen LogP contribution in [-0.4, -0.2) is 65.5 Å². The maximum atomic E-state index is 12.8. The average molecular weight is 415 g/mol. The number of nitrogens with zero attached hydrogens (tertiary/aromatic N) is 3. The minimum absolute atomic E-state index is 0.0424. The highest BCUT2D eigenvalue weighted by Gasteiger charge is 2.34. The van der Waals surface area contributed by atoms with Crippen molar-refractivity contribution in [1.29, 1.82) is 0 Å².